The summed E-state index contributed by atoms with van der Waals surface area (Å²) in [5.41, 5.74) is 7.11. The topological polar surface area (TPSA) is 74.4 Å². The van der Waals surface area contributed by atoms with E-state index in [1.165, 1.54) is 11.3 Å². The minimum absolute atomic E-state index is 0.145. The van der Waals surface area contributed by atoms with E-state index in [1.807, 2.05) is 12.3 Å². The number of anilines is 1. The van der Waals surface area contributed by atoms with Gasteiger partial charge in [0, 0.05) is 22.8 Å². The summed E-state index contributed by atoms with van der Waals surface area (Å²) in [6.45, 7) is 1.93. The van der Waals surface area contributed by atoms with Crippen LogP contribution in [0.15, 0.2) is 29.6 Å². The fourth-order valence-electron chi connectivity index (χ4n) is 1.40. The molecule has 2 aromatic rings. The van der Waals surface area contributed by atoms with Crippen molar-refractivity contribution < 1.29 is 14.3 Å². The highest BCUT2D eigenvalue weighted by atomic mass is 32.1. The second kappa shape index (κ2) is 6.19. The van der Waals surface area contributed by atoms with E-state index in [2.05, 4.69) is 4.98 Å². The molecule has 0 saturated heterocycles. The molecule has 0 atom stereocenters. The zero-order valence-electron chi connectivity index (χ0n) is 10.5. The summed E-state index contributed by atoms with van der Waals surface area (Å²) in [6.07, 6.45) is 0. The van der Waals surface area contributed by atoms with Gasteiger partial charge in [-0.15, -0.1) is 11.3 Å². The van der Waals surface area contributed by atoms with Crippen molar-refractivity contribution in [3.05, 3.63) is 40.3 Å². The molecular weight excluding hydrogens is 264 g/mol. The number of carbonyl (C=O) groups excluding carboxylic acids is 1. The van der Waals surface area contributed by atoms with Gasteiger partial charge in [0.25, 0.3) is 0 Å². The summed E-state index contributed by atoms with van der Waals surface area (Å²) < 4.78 is 10.3. The van der Waals surface area contributed by atoms with Crippen LogP contribution in [0.25, 0.3) is 0 Å². The first kappa shape index (κ1) is 13.4. The van der Waals surface area contributed by atoms with E-state index in [1.54, 1.807) is 24.3 Å². The molecule has 19 heavy (non-hydrogen) atoms. The molecule has 6 heteroatoms. The second-order valence-electron chi connectivity index (χ2n) is 3.90. The molecule has 1 heterocycles. The molecule has 0 saturated carbocycles. The lowest BCUT2D eigenvalue weighted by molar-refractivity contribution is -0.147. The first-order valence-corrected chi connectivity index (χ1v) is 6.56. The normalized spacial score (nSPS) is 10.2. The number of rotatable bonds is 5. The Morgan fingerprint density at radius 1 is 1.47 bits per heavy atom. The summed E-state index contributed by atoms with van der Waals surface area (Å²) >= 11 is 1.46. The zero-order valence-corrected chi connectivity index (χ0v) is 11.3. The van der Waals surface area contributed by atoms with Crippen LogP contribution in [0.1, 0.15) is 10.7 Å². The quantitative estimate of drug-likeness (QED) is 0.670. The monoisotopic (exact) mass is 278 g/mol. The number of nitrogens with two attached hydrogens (primary N) is 1. The van der Waals surface area contributed by atoms with Gasteiger partial charge < -0.3 is 15.2 Å². The summed E-state index contributed by atoms with van der Waals surface area (Å²) in [5, 5.41) is 2.68. The highest BCUT2D eigenvalue weighted by Gasteiger charge is 2.06. The van der Waals surface area contributed by atoms with Crippen molar-refractivity contribution in [2.75, 3.05) is 12.3 Å². The Bertz CT molecular complexity index is 569. The van der Waals surface area contributed by atoms with Crippen LogP contribution in [0, 0.1) is 6.92 Å². The largest absolute Gasteiger partial charge is 0.482 e. The molecule has 5 nitrogen and oxygen atoms in total. The van der Waals surface area contributed by atoms with Crippen LogP contribution in [-0.2, 0) is 16.1 Å². The first-order chi connectivity index (χ1) is 9.13. The van der Waals surface area contributed by atoms with Crippen LogP contribution in [0.3, 0.4) is 0 Å². The van der Waals surface area contributed by atoms with E-state index in [-0.39, 0.29) is 13.2 Å². The van der Waals surface area contributed by atoms with E-state index < -0.39 is 5.97 Å². The number of hydrogen-bond donors (Lipinski definition) is 1. The molecule has 0 aliphatic heterocycles. The Balaban J connectivity index is 1.75. The Morgan fingerprint density at radius 3 is 3.00 bits per heavy atom. The van der Waals surface area contributed by atoms with Gasteiger partial charge in [-0.25, -0.2) is 9.78 Å². The number of benzene rings is 1. The lowest BCUT2D eigenvalue weighted by atomic mass is 10.3. The maximum absolute atomic E-state index is 11.5. The third-order valence-corrected chi connectivity index (χ3v) is 3.18. The lowest BCUT2D eigenvalue weighted by Gasteiger charge is -2.06. The molecule has 0 radical (unpaired) electrons. The van der Waals surface area contributed by atoms with Crippen molar-refractivity contribution in [2.45, 2.75) is 13.5 Å². The van der Waals surface area contributed by atoms with Crippen molar-refractivity contribution in [1.29, 1.82) is 0 Å². The van der Waals surface area contributed by atoms with Crippen molar-refractivity contribution in [3.8, 4) is 5.75 Å². The standard InChI is InChI=1S/C13H14N2O3S/c1-9-8-19-12(15-9)6-18-13(16)7-17-11-4-2-3-10(14)5-11/h2-5,8H,6-7,14H2,1H3. The number of nitrogen functional groups attached to an aromatic ring is 1. The smallest absolute Gasteiger partial charge is 0.344 e. The Labute approximate surface area is 115 Å². The SMILES string of the molecule is Cc1csc(COC(=O)COc2cccc(N)c2)n1. The molecule has 0 aliphatic rings. The summed E-state index contributed by atoms with van der Waals surface area (Å²) in [7, 11) is 0. The lowest BCUT2D eigenvalue weighted by Crippen LogP contribution is -2.14. The number of hydrogen-bond acceptors (Lipinski definition) is 6. The van der Waals surface area contributed by atoms with Gasteiger partial charge >= 0.3 is 5.97 Å². The number of aryl methyl sites for hydroxylation is 1. The van der Waals surface area contributed by atoms with Gasteiger partial charge in [-0.05, 0) is 19.1 Å². The number of ether oxygens (including phenoxy) is 2. The Kier molecular flexibility index (Phi) is 4.35. The van der Waals surface area contributed by atoms with E-state index >= 15 is 0 Å². The average Bonchev–Trinajstić information content (AvgIpc) is 2.80. The average molecular weight is 278 g/mol. The summed E-state index contributed by atoms with van der Waals surface area (Å²) in [6, 6.07) is 6.88. The molecular formula is C13H14N2O3S. The minimum Gasteiger partial charge on any atom is -0.482 e. The number of carbonyl (C=O) groups is 1. The van der Waals surface area contributed by atoms with Gasteiger partial charge in [-0.2, -0.15) is 0 Å². The van der Waals surface area contributed by atoms with Gasteiger partial charge in [-0.1, -0.05) is 6.07 Å². The van der Waals surface area contributed by atoms with E-state index in [0.717, 1.165) is 10.7 Å². The van der Waals surface area contributed by atoms with Crippen LogP contribution in [0.4, 0.5) is 5.69 Å². The predicted octanol–water partition coefficient (Wildman–Crippen LogP) is 2.16. The van der Waals surface area contributed by atoms with Crippen molar-refractivity contribution >= 4 is 23.0 Å². The molecule has 2 N–H and O–H groups in total. The van der Waals surface area contributed by atoms with E-state index in [0.29, 0.717) is 11.4 Å². The molecule has 0 aliphatic carbocycles. The zero-order chi connectivity index (χ0) is 13.7. The van der Waals surface area contributed by atoms with Crippen molar-refractivity contribution in [3.63, 3.8) is 0 Å². The molecule has 100 valence electrons. The fourth-order valence-corrected chi connectivity index (χ4v) is 2.08. The number of aromatic nitrogens is 1. The van der Waals surface area contributed by atoms with Gasteiger partial charge in [0.15, 0.2) is 6.61 Å². The fraction of sp³-hybridized carbons (Fsp3) is 0.231. The highest BCUT2D eigenvalue weighted by molar-refractivity contribution is 7.09. The van der Waals surface area contributed by atoms with E-state index in [4.69, 9.17) is 15.2 Å². The molecule has 1 aromatic heterocycles. The van der Waals surface area contributed by atoms with Gasteiger partial charge in [0.1, 0.15) is 17.4 Å². The second-order valence-corrected chi connectivity index (χ2v) is 4.85. The van der Waals surface area contributed by atoms with Crippen LogP contribution < -0.4 is 10.5 Å². The van der Waals surface area contributed by atoms with Crippen molar-refractivity contribution in [1.82, 2.24) is 4.98 Å². The van der Waals surface area contributed by atoms with Crippen LogP contribution in [0.5, 0.6) is 5.75 Å². The highest BCUT2D eigenvalue weighted by Crippen LogP contribution is 2.14. The van der Waals surface area contributed by atoms with Gasteiger partial charge in [0.05, 0.1) is 0 Å². The van der Waals surface area contributed by atoms with Crippen LogP contribution in [0.2, 0.25) is 0 Å². The predicted molar refractivity (Wildman–Crippen MR) is 73.0 cm³/mol. The first-order valence-electron chi connectivity index (χ1n) is 5.68. The van der Waals surface area contributed by atoms with Gasteiger partial charge in [-0.3, -0.25) is 0 Å². The maximum atomic E-state index is 11.5. The minimum atomic E-state index is -0.435. The summed E-state index contributed by atoms with van der Waals surface area (Å²) in [4.78, 5) is 15.7. The molecule has 0 spiro atoms. The number of esters is 1. The molecule has 0 unspecified atom stereocenters. The third-order valence-electron chi connectivity index (χ3n) is 2.24. The maximum Gasteiger partial charge on any atom is 0.344 e. The van der Waals surface area contributed by atoms with Crippen LogP contribution >= 0.6 is 11.3 Å². The number of nitrogens with zero attached hydrogens (tertiary/aromatic N) is 1. The van der Waals surface area contributed by atoms with Gasteiger partial charge in [0.2, 0.25) is 0 Å². The molecule has 0 fully saturated rings. The molecule has 0 amide bonds. The third kappa shape index (κ3) is 4.26. The summed E-state index contributed by atoms with van der Waals surface area (Å²) in [5.74, 6) is 0.109. The van der Waals surface area contributed by atoms with Crippen LogP contribution in [-0.4, -0.2) is 17.6 Å². The Hall–Kier alpha value is -2.08. The molecule has 1 aromatic carbocycles. The van der Waals surface area contributed by atoms with Crippen molar-refractivity contribution in [2.24, 2.45) is 0 Å². The molecule has 2 rings (SSSR count). The molecule has 0 bridgehead atoms. The Morgan fingerprint density at radius 2 is 2.32 bits per heavy atom. The van der Waals surface area contributed by atoms with E-state index in [9.17, 15) is 4.79 Å². The number of thiazole rings is 1.